The molecule has 0 saturated carbocycles. The first-order chi connectivity index (χ1) is 15.3. The van der Waals surface area contributed by atoms with Gasteiger partial charge in [-0.05, 0) is 62.0 Å². The number of benzene rings is 1. The van der Waals surface area contributed by atoms with Crippen LogP contribution < -0.4 is 16.0 Å². The number of carbonyl (C=O) groups is 3. The van der Waals surface area contributed by atoms with E-state index < -0.39 is 5.91 Å². The first kappa shape index (κ1) is 25.8. The van der Waals surface area contributed by atoms with Gasteiger partial charge < -0.3 is 16.0 Å². The number of primary amides is 1. The molecule has 1 aliphatic rings. The molecular weight excluding hydrogens is 404 g/mol. The van der Waals surface area contributed by atoms with Gasteiger partial charge in [0.2, 0.25) is 11.8 Å². The topological polar surface area (TPSA) is 95.7 Å². The number of carbonyl (C=O) groups excluding carboxylic acids is 3. The molecule has 1 aromatic rings. The number of hydrogen-bond acceptors (Lipinski definition) is 4. The van der Waals surface area contributed by atoms with Crippen LogP contribution in [0, 0.1) is 5.92 Å². The van der Waals surface area contributed by atoms with Crippen molar-refractivity contribution in [1.29, 1.82) is 0 Å². The van der Waals surface area contributed by atoms with Crippen molar-refractivity contribution in [3.05, 3.63) is 29.3 Å². The second-order valence-electron chi connectivity index (χ2n) is 9.21. The zero-order chi connectivity index (χ0) is 23.5. The summed E-state index contributed by atoms with van der Waals surface area (Å²) in [7, 11) is 0. The Bertz CT molecular complexity index is 778. The van der Waals surface area contributed by atoms with E-state index in [1.807, 2.05) is 17.0 Å². The molecule has 0 atom stereocenters. The molecule has 0 radical (unpaired) electrons. The van der Waals surface area contributed by atoms with Crippen molar-refractivity contribution in [3.8, 4) is 0 Å². The smallest absolute Gasteiger partial charge is 0.251 e. The SMILES string of the molecule is CC(=O)N1CCCCCCCN(CCC(C)C)Cc2cc(C(=O)NCCC(N)=O)ccc21. The minimum absolute atomic E-state index is 0.0238. The van der Waals surface area contributed by atoms with Gasteiger partial charge in [-0.3, -0.25) is 19.3 Å². The van der Waals surface area contributed by atoms with Gasteiger partial charge in [0.25, 0.3) is 5.91 Å². The summed E-state index contributed by atoms with van der Waals surface area (Å²) in [5.41, 5.74) is 7.58. The quantitative estimate of drug-likeness (QED) is 0.673. The van der Waals surface area contributed by atoms with Crippen molar-refractivity contribution in [3.63, 3.8) is 0 Å². The highest BCUT2D eigenvalue weighted by Crippen LogP contribution is 2.26. The average molecular weight is 445 g/mol. The molecule has 1 heterocycles. The number of amides is 3. The number of nitrogens with one attached hydrogen (secondary N) is 1. The summed E-state index contributed by atoms with van der Waals surface area (Å²) in [5, 5.41) is 2.76. The second-order valence-corrected chi connectivity index (χ2v) is 9.21. The summed E-state index contributed by atoms with van der Waals surface area (Å²) in [5.74, 6) is -0.0356. The maximum atomic E-state index is 12.6. The van der Waals surface area contributed by atoms with Crippen molar-refractivity contribution in [2.45, 2.75) is 72.3 Å². The molecule has 1 aromatic carbocycles. The van der Waals surface area contributed by atoms with Crippen LogP contribution in [0.3, 0.4) is 0 Å². The Hall–Kier alpha value is -2.41. The van der Waals surface area contributed by atoms with Crippen molar-refractivity contribution >= 4 is 23.4 Å². The molecule has 0 unspecified atom stereocenters. The van der Waals surface area contributed by atoms with Crippen LogP contribution in [0.2, 0.25) is 0 Å². The Labute approximate surface area is 192 Å². The first-order valence-electron chi connectivity index (χ1n) is 12.0. The number of nitrogens with two attached hydrogens (primary N) is 1. The summed E-state index contributed by atoms with van der Waals surface area (Å²) in [6.45, 7) is 9.69. The molecule has 0 aliphatic carbocycles. The van der Waals surface area contributed by atoms with Crippen LogP contribution in [0.1, 0.15) is 81.6 Å². The molecule has 32 heavy (non-hydrogen) atoms. The van der Waals surface area contributed by atoms with Gasteiger partial charge in [0, 0.05) is 44.2 Å². The average Bonchev–Trinajstić information content (AvgIpc) is 2.72. The molecule has 0 bridgehead atoms. The van der Waals surface area contributed by atoms with Gasteiger partial charge in [-0.15, -0.1) is 0 Å². The molecule has 0 aromatic heterocycles. The van der Waals surface area contributed by atoms with E-state index in [0.29, 0.717) is 24.6 Å². The minimum atomic E-state index is -0.444. The first-order valence-corrected chi connectivity index (χ1v) is 12.0. The highest BCUT2D eigenvalue weighted by atomic mass is 16.2. The van der Waals surface area contributed by atoms with Gasteiger partial charge in [0.1, 0.15) is 0 Å². The van der Waals surface area contributed by atoms with Crippen LogP contribution in [-0.4, -0.2) is 48.8 Å². The van der Waals surface area contributed by atoms with Crippen LogP contribution >= 0.6 is 0 Å². The number of fused-ring (bicyclic) bond motifs is 1. The van der Waals surface area contributed by atoms with E-state index in [-0.39, 0.29) is 24.8 Å². The van der Waals surface area contributed by atoms with Gasteiger partial charge in [0.15, 0.2) is 0 Å². The Kier molecular flexibility index (Phi) is 10.7. The summed E-state index contributed by atoms with van der Waals surface area (Å²) in [6, 6.07) is 5.56. The molecule has 0 fully saturated rings. The third-order valence-corrected chi connectivity index (χ3v) is 5.94. The number of hydrogen-bond donors (Lipinski definition) is 2. The third-order valence-electron chi connectivity index (χ3n) is 5.94. The summed E-state index contributed by atoms with van der Waals surface area (Å²) in [6.07, 6.45) is 6.87. The predicted molar refractivity (Wildman–Crippen MR) is 128 cm³/mol. The van der Waals surface area contributed by atoms with Crippen molar-refractivity contribution < 1.29 is 14.4 Å². The van der Waals surface area contributed by atoms with E-state index >= 15 is 0 Å². The largest absolute Gasteiger partial charge is 0.370 e. The fourth-order valence-corrected chi connectivity index (χ4v) is 4.05. The molecule has 0 saturated heterocycles. The van der Waals surface area contributed by atoms with Crippen LogP contribution in [-0.2, 0) is 16.1 Å². The molecule has 2 rings (SSSR count). The van der Waals surface area contributed by atoms with E-state index in [2.05, 4.69) is 24.1 Å². The van der Waals surface area contributed by atoms with E-state index in [0.717, 1.165) is 50.0 Å². The van der Waals surface area contributed by atoms with Crippen LogP contribution in [0.25, 0.3) is 0 Å². The molecular formula is C25H40N4O3. The van der Waals surface area contributed by atoms with E-state index in [1.165, 1.54) is 12.8 Å². The highest BCUT2D eigenvalue weighted by molar-refractivity contribution is 5.97. The number of nitrogens with zero attached hydrogens (tertiary/aromatic N) is 2. The van der Waals surface area contributed by atoms with Gasteiger partial charge in [0.05, 0.1) is 0 Å². The van der Waals surface area contributed by atoms with Crippen LogP contribution in [0.15, 0.2) is 18.2 Å². The zero-order valence-corrected chi connectivity index (χ0v) is 20.0. The highest BCUT2D eigenvalue weighted by Gasteiger charge is 2.20. The summed E-state index contributed by atoms with van der Waals surface area (Å²) >= 11 is 0. The minimum Gasteiger partial charge on any atom is -0.370 e. The Morgan fingerprint density at radius 3 is 2.41 bits per heavy atom. The third kappa shape index (κ3) is 8.61. The van der Waals surface area contributed by atoms with E-state index in [1.54, 1.807) is 13.0 Å². The fourth-order valence-electron chi connectivity index (χ4n) is 4.05. The Morgan fingerprint density at radius 1 is 1.06 bits per heavy atom. The van der Waals surface area contributed by atoms with Gasteiger partial charge in [-0.1, -0.05) is 33.1 Å². The molecule has 0 spiro atoms. The number of anilines is 1. The van der Waals surface area contributed by atoms with Gasteiger partial charge in [-0.2, -0.15) is 0 Å². The lowest BCUT2D eigenvalue weighted by Crippen LogP contribution is -2.33. The monoisotopic (exact) mass is 444 g/mol. The summed E-state index contributed by atoms with van der Waals surface area (Å²) < 4.78 is 0. The molecule has 7 heteroatoms. The lowest BCUT2D eigenvalue weighted by molar-refractivity contribution is -0.118. The summed E-state index contributed by atoms with van der Waals surface area (Å²) in [4.78, 5) is 40.4. The van der Waals surface area contributed by atoms with Crippen molar-refractivity contribution in [2.24, 2.45) is 11.7 Å². The predicted octanol–water partition coefficient (Wildman–Crippen LogP) is 3.46. The molecule has 1 aliphatic heterocycles. The van der Waals surface area contributed by atoms with Gasteiger partial charge >= 0.3 is 0 Å². The number of rotatable bonds is 7. The molecule has 7 nitrogen and oxygen atoms in total. The fraction of sp³-hybridized carbons (Fsp3) is 0.640. The standard InChI is InChI=1S/C25H40N4O3/c1-19(2)12-16-28-14-7-5-4-6-8-15-29(20(3)30)23-10-9-21(17-22(23)18-28)25(32)27-13-11-24(26)31/h9-10,17,19H,4-8,11-16,18H2,1-3H3,(H2,26,31)(H,27,32). The Morgan fingerprint density at radius 2 is 1.75 bits per heavy atom. The lowest BCUT2D eigenvalue weighted by atomic mass is 10.0. The van der Waals surface area contributed by atoms with E-state index in [9.17, 15) is 14.4 Å². The zero-order valence-electron chi connectivity index (χ0n) is 20.0. The second kappa shape index (κ2) is 13.2. The molecule has 3 N–H and O–H groups in total. The van der Waals surface area contributed by atoms with Crippen LogP contribution in [0.4, 0.5) is 5.69 Å². The molecule has 3 amide bonds. The molecule has 178 valence electrons. The Balaban J connectivity index is 2.34. The van der Waals surface area contributed by atoms with Crippen molar-refractivity contribution in [2.75, 3.05) is 31.1 Å². The van der Waals surface area contributed by atoms with E-state index in [4.69, 9.17) is 5.73 Å². The van der Waals surface area contributed by atoms with Gasteiger partial charge in [-0.25, -0.2) is 0 Å². The normalized spacial score (nSPS) is 16.1. The maximum Gasteiger partial charge on any atom is 0.251 e. The van der Waals surface area contributed by atoms with Crippen LogP contribution in [0.5, 0.6) is 0 Å². The van der Waals surface area contributed by atoms with Crippen molar-refractivity contribution in [1.82, 2.24) is 10.2 Å². The maximum absolute atomic E-state index is 12.6. The lowest BCUT2D eigenvalue weighted by Gasteiger charge is -2.29.